The Kier molecular flexibility index (Phi) is 6.82. The van der Waals surface area contributed by atoms with Crippen LogP contribution >= 0.6 is 0 Å². The fraction of sp³-hybridized carbons (Fsp3) is 0.731. The van der Waals surface area contributed by atoms with Gasteiger partial charge in [-0.05, 0) is 75.7 Å². The lowest BCUT2D eigenvalue weighted by atomic mass is 9.52. The summed E-state index contributed by atoms with van der Waals surface area (Å²) in [5, 5.41) is 10.7. The van der Waals surface area contributed by atoms with E-state index in [0.29, 0.717) is 35.8 Å². The molecular weight excluding hydrogens is 432 g/mol. The zero-order valence-electron chi connectivity index (χ0n) is 21.4. The highest BCUT2D eigenvalue weighted by molar-refractivity contribution is 5.96. The van der Waals surface area contributed by atoms with Crippen LogP contribution < -0.4 is 15.4 Å². The Labute approximate surface area is 202 Å². The highest BCUT2D eigenvalue weighted by atomic mass is 16.5. The summed E-state index contributed by atoms with van der Waals surface area (Å²) >= 11 is 0. The molecule has 4 fully saturated rings. The van der Waals surface area contributed by atoms with Crippen molar-refractivity contribution in [3.63, 3.8) is 0 Å². The molecule has 2 amide bonds. The second-order valence-electron chi connectivity index (χ2n) is 11.6. The second kappa shape index (κ2) is 9.36. The summed E-state index contributed by atoms with van der Waals surface area (Å²) < 4.78 is 13.6. The molecule has 0 spiro atoms. The molecule has 188 valence electrons. The van der Waals surface area contributed by atoms with E-state index in [4.69, 9.17) is 9.47 Å². The van der Waals surface area contributed by atoms with E-state index in [9.17, 15) is 9.59 Å². The van der Waals surface area contributed by atoms with E-state index in [0.717, 1.165) is 25.2 Å². The number of hydrogen-bond acceptors (Lipinski definition) is 5. The fourth-order valence-electron chi connectivity index (χ4n) is 6.42. The lowest BCUT2D eigenvalue weighted by Crippen LogP contribution is -2.62. The summed E-state index contributed by atoms with van der Waals surface area (Å²) in [6.45, 7) is 9.89. The average molecular weight is 473 g/mol. The molecule has 4 aliphatic rings. The van der Waals surface area contributed by atoms with Gasteiger partial charge < -0.3 is 20.1 Å². The predicted molar refractivity (Wildman–Crippen MR) is 130 cm³/mol. The molecule has 0 radical (unpaired) electrons. The third-order valence-corrected chi connectivity index (χ3v) is 7.63. The number of nitrogens with one attached hydrogen (secondary N) is 2. The zero-order valence-corrected chi connectivity index (χ0v) is 21.4. The van der Waals surface area contributed by atoms with Crippen LogP contribution in [0.5, 0.6) is 5.88 Å². The van der Waals surface area contributed by atoms with E-state index in [-0.39, 0.29) is 23.5 Å². The van der Waals surface area contributed by atoms with Crippen LogP contribution in [0, 0.1) is 23.7 Å². The van der Waals surface area contributed by atoms with E-state index in [1.54, 1.807) is 17.1 Å². The predicted octanol–water partition coefficient (Wildman–Crippen LogP) is 3.63. The van der Waals surface area contributed by atoms with Gasteiger partial charge in [0, 0.05) is 26.3 Å². The topological polar surface area (TPSA) is 94.5 Å². The van der Waals surface area contributed by atoms with Crippen molar-refractivity contribution >= 4 is 18.0 Å². The standard InChI is InChI=1S/C26H40N4O4/c1-16(2)15-34-24-21(14-27-30(24)8-7-25(4,5)29-17(3)31)23(32)28-22-19-9-18-10-20(22)13-26(11-18,12-19)33-6/h7-8,14,16,18-20,22H,9-13,15H2,1-6H3,(H,28,32)(H,29,31)/b8-7+/t18?,19?,20?,22-,26+. The van der Waals surface area contributed by atoms with Gasteiger partial charge in [0.1, 0.15) is 5.56 Å². The van der Waals surface area contributed by atoms with E-state index >= 15 is 0 Å². The van der Waals surface area contributed by atoms with E-state index in [2.05, 4.69) is 29.6 Å². The highest BCUT2D eigenvalue weighted by Crippen LogP contribution is 2.57. The first-order chi connectivity index (χ1) is 16.0. The molecule has 4 bridgehead atoms. The Hall–Kier alpha value is -2.35. The van der Waals surface area contributed by atoms with Gasteiger partial charge in [0.25, 0.3) is 5.91 Å². The Bertz CT molecular complexity index is 935. The van der Waals surface area contributed by atoms with Crippen molar-refractivity contribution in [1.29, 1.82) is 0 Å². The minimum atomic E-state index is -0.562. The first kappa shape index (κ1) is 24.8. The molecule has 5 rings (SSSR count). The van der Waals surface area contributed by atoms with Crippen LogP contribution in [-0.4, -0.2) is 52.5 Å². The van der Waals surface area contributed by atoms with Crippen LogP contribution in [0.1, 0.15) is 77.1 Å². The number of hydrogen-bond donors (Lipinski definition) is 2. The van der Waals surface area contributed by atoms with E-state index in [1.165, 1.54) is 19.8 Å². The Morgan fingerprint density at radius 1 is 1.26 bits per heavy atom. The molecule has 4 aliphatic carbocycles. The van der Waals surface area contributed by atoms with E-state index < -0.39 is 5.54 Å². The summed E-state index contributed by atoms with van der Waals surface area (Å²) in [4.78, 5) is 24.9. The number of carbonyl (C=O) groups is 2. The summed E-state index contributed by atoms with van der Waals surface area (Å²) in [5.74, 6) is 2.12. The molecule has 34 heavy (non-hydrogen) atoms. The summed E-state index contributed by atoms with van der Waals surface area (Å²) in [5.41, 5.74) is -0.106. The fourth-order valence-corrected chi connectivity index (χ4v) is 6.42. The number of aromatic nitrogens is 2. The number of amides is 2. The van der Waals surface area contributed by atoms with Crippen molar-refractivity contribution in [1.82, 2.24) is 20.4 Å². The first-order valence-electron chi connectivity index (χ1n) is 12.6. The molecule has 1 aromatic rings. The smallest absolute Gasteiger partial charge is 0.258 e. The van der Waals surface area contributed by atoms with Crippen molar-refractivity contribution in [3.05, 3.63) is 17.8 Å². The Balaban J connectivity index is 1.53. The van der Waals surface area contributed by atoms with Crippen LogP contribution in [-0.2, 0) is 9.53 Å². The maximum Gasteiger partial charge on any atom is 0.258 e. The average Bonchev–Trinajstić information content (AvgIpc) is 3.15. The molecule has 0 saturated heterocycles. The number of ether oxygens (including phenoxy) is 2. The van der Waals surface area contributed by atoms with Gasteiger partial charge >= 0.3 is 0 Å². The van der Waals surface area contributed by atoms with Crippen molar-refractivity contribution in [2.45, 2.75) is 83.9 Å². The van der Waals surface area contributed by atoms with Crippen molar-refractivity contribution < 1.29 is 19.1 Å². The van der Waals surface area contributed by atoms with Crippen LogP contribution in [0.2, 0.25) is 0 Å². The molecule has 1 aromatic heterocycles. The number of nitrogens with zero attached hydrogens (tertiary/aromatic N) is 2. The minimum absolute atomic E-state index is 0.0135. The van der Waals surface area contributed by atoms with Gasteiger partial charge in [0.15, 0.2) is 0 Å². The Morgan fingerprint density at radius 2 is 1.94 bits per heavy atom. The second-order valence-corrected chi connectivity index (χ2v) is 11.6. The maximum atomic E-state index is 13.5. The van der Waals surface area contributed by atoms with Gasteiger partial charge in [-0.2, -0.15) is 5.10 Å². The lowest BCUT2D eigenvalue weighted by Gasteiger charge is -2.59. The molecule has 1 heterocycles. The number of carbonyl (C=O) groups excluding carboxylic acids is 2. The quantitative estimate of drug-likeness (QED) is 0.572. The van der Waals surface area contributed by atoms with Crippen LogP contribution in [0.3, 0.4) is 0 Å². The highest BCUT2D eigenvalue weighted by Gasteiger charge is 2.56. The molecule has 8 nitrogen and oxygen atoms in total. The third-order valence-electron chi connectivity index (χ3n) is 7.63. The molecule has 2 atom stereocenters. The zero-order chi connectivity index (χ0) is 24.7. The van der Waals surface area contributed by atoms with Crippen molar-refractivity contribution in [3.8, 4) is 5.88 Å². The van der Waals surface area contributed by atoms with Crippen LogP contribution in [0.4, 0.5) is 0 Å². The normalized spacial score (nSPS) is 30.2. The van der Waals surface area contributed by atoms with Crippen molar-refractivity contribution in [2.24, 2.45) is 23.7 Å². The van der Waals surface area contributed by atoms with Crippen LogP contribution in [0.25, 0.3) is 6.20 Å². The Morgan fingerprint density at radius 3 is 2.53 bits per heavy atom. The molecule has 0 aliphatic heterocycles. The molecule has 8 heteroatoms. The summed E-state index contributed by atoms with van der Waals surface area (Å²) in [6, 6.07) is 0.169. The monoisotopic (exact) mass is 472 g/mol. The van der Waals surface area contributed by atoms with Gasteiger partial charge in [-0.3, -0.25) is 9.59 Å². The SMILES string of the molecule is CO[C@]12CC3CC(C1)[C@H](NC(=O)c1cnn(/C=C/C(C)(C)NC(C)=O)c1OCC(C)C)C(C3)C2. The van der Waals surface area contributed by atoms with Gasteiger partial charge in [-0.1, -0.05) is 13.8 Å². The number of rotatable bonds is 9. The molecule has 0 aromatic carbocycles. The minimum Gasteiger partial charge on any atom is -0.477 e. The molecular formula is C26H40N4O4. The van der Waals surface area contributed by atoms with Crippen LogP contribution in [0.15, 0.2) is 12.3 Å². The summed E-state index contributed by atoms with van der Waals surface area (Å²) in [7, 11) is 1.84. The molecule has 2 N–H and O–H groups in total. The van der Waals surface area contributed by atoms with E-state index in [1.807, 2.05) is 27.0 Å². The van der Waals surface area contributed by atoms with Crippen molar-refractivity contribution in [2.75, 3.05) is 13.7 Å². The summed E-state index contributed by atoms with van der Waals surface area (Å²) in [6.07, 6.45) is 10.7. The molecule has 2 unspecified atom stereocenters. The number of methoxy groups -OCH3 is 1. The van der Waals surface area contributed by atoms with Gasteiger partial charge in [0.05, 0.1) is 23.9 Å². The van der Waals surface area contributed by atoms with Gasteiger partial charge in [-0.25, -0.2) is 4.68 Å². The lowest BCUT2D eigenvalue weighted by molar-refractivity contribution is -0.156. The van der Waals surface area contributed by atoms with Gasteiger partial charge in [0.2, 0.25) is 11.8 Å². The maximum absolute atomic E-state index is 13.5. The largest absolute Gasteiger partial charge is 0.477 e. The molecule has 4 saturated carbocycles. The first-order valence-corrected chi connectivity index (χ1v) is 12.6. The van der Waals surface area contributed by atoms with Gasteiger partial charge in [-0.15, -0.1) is 0 Å². The third kappa shape index (κ3) is 5.16.